The number of likely N-dealkylation sites (tertiary alicyclic amines) is 1. The molecule has 1 heterocycles. The zero-order valence-corrected chi connectivity index (χ0v) is 19.7. The first kappa shape index (κ1) is 24.1. The average Bonchev–Trinajstić information content (AvgIpc) is 3.19. The normalized spacial score (nSPS) is 19.1. The van der Waals surface area contributed by atoms with Crippen molar-refractivity contribution < 1.29 is 23.5 Å². The summed E-state index contributed by atoms with van der Waals surface area (Å²) in [4.78, 5) is 41.9. The summed E-state index contributed by atoms with van der Waals surface area (Å²) in [7, 11) is 3.28. The van der Waals surface area contributed by atoms with Crippen LogP contribution < -0.4 is 0 Å². The van der Waals surface area contributed by atoms with Crippen LogP contribution in [0.5, 0.6) is 0 Å². The molecule has 1 aliphatic carbocycles. The fraction of sp³-hybridized carbons (Fsp3) is 0.444. The Morgan fingerprint density at radius 2 is 1.79 bits per heavy atom. The maximum absolute atomic E-state index is 13.4. The molecule has 4 rings (SSSR count). The third-order valence-electron chi connectivity index (χ3n) is 7.24. The molecule has 0 N–H and O–H groups in total. The number of methoxy groups -OCH3 is 1. The lowest BCUT2D eigenvalue weighted by Crippen LogP contribution is -2.49. The number of hydrogen-bond acceptors (Lipinski definition) is 4. The molecule has 0 saturated carbocycles. The van der Waals surface area contributed by atoms with E-state index in [1.807, 2.05) is 23.1 Å². The number of fused-ring (bicyclic) bond motifs is 1. The van der Waals surface area contributed by atoms with Gasteiger partial charge in [-0.3, -0.25) is 14.4 Å². The van der Waals surface area contributed by atoms with E-state index in [9.17, 15) is 18.8 Å². The Kier molecular flexibility index (Phi) is 7.41. The topological polar surface area (TPSA) is 66.9 Å². The average molecular weight is 467 g/mol. The van der Waals surface area contributed by atoms with Crippen LogP contribution in [0.25, 0.3) is 0 Å². The van der Waals surface area contributed by atoms with Crippen LogP contribution in [0, 0.1) is 11.7 Å². The van der Waals surface area contributed by atoms with Gasteiger partial charge in [0.15, 0.2) is 5.78 Å². The van der Waals surface area contributed by atoms with Crippen LogP contribution in [-0.2, 0) is 20.7 Å². The zero-order valence-electron chi connectivity index (χ0n) is 19.7. The highest BCUT2D eigenvalue weighted by atomic mass is 19.1. The lowest BCUT2D eigenvalue weighted by Gasteiger charge is -2.40. The number of ether oxygens (including phenoxy) is 1. The van der Waals surface area contributed by atoms with Crippen molar-refractivity contribution in [1.29, 1.82) is 0 Å². The van der Waals surface area contributed by atoms with E-state index in [0.29, 0.717) is 25.1 Å². The quantitative estimate of drug-likeness (QED) is 0.627. The molecule has 0 radical (unpaired) electrons. The van der Waals surface area contributed by atoms with Crippen molar-refractivity contribution in [2.45, 2.75) is 37.6 Å². The van der Waals surface area contributed by atoms with Crippen molar-refractivity contribution in [3.63, 3.8) is 0 Å². The highest BCUT2D eigenvalue weighted by molar-refractivity contribution is 6.06. The van der Waals surface area contributed by atoms with E-state index in [-0.39, 0.29) is 48.4 Å². The molecule has 180 valence electrons. The molecule has 1 aliphatic heterocycles. The van der Waals surface area contributed by atoms with E-state index >= 15 is 0 Å². The van der Waals surface area contributed by atoms with Crippen molar-refractivity contribution >= 4 is 17.6 Å². The van der Waals surface area contributed by atoms with Gasteiger partial charge in [-0.2, -0.15) is 0 Å². The van der Waals surface area contributed by atoms with Crippen LogP contribution in [-0.4, -0.2) is 67.3 Å². The minimum atomic E-state index is -0.402. The van der Waals surface area contributed by atoms with Gasteiger partial charge in [0.2, 0.25) is 11.8 Å². The maximum Gasteiger partial charge on any atom is 0.248 e. The highest BCUT2D eigenvalue weighted by Crippen LogP contribution is 2.36. The van der Waals surface area contributed by atoms with Crippen LogP contribution in [0.15, 0.2) is 48.5 Å². The molecule has 1 saturated heterocycles. The number of rotatable bonds is 7. The number of likely N-dealkylation sites (N-methyl/N-ethyl adjacent to an activating group) is 1. The molecular weight excluding hydrogens is 435 g/mol. The first-order valence-electron chi connectivity index (χ1n) is 11.8. The third kappa shape index (κ3) is 5.04. The van der Waals surface area contributed by atoms with E-state index in [4.69, 9.17) is 4.74 Å². The van der Waals surface area contributed by atoms with E-state index in [2.05, 4.69) is 0 Å². The Morgan fingerprint density at radius 1 is 1.12 bits per heavy atom. The summed E-state index contributed by atoms with van der Waals surface area (Å²) in [5, 5.41) is 0. The molecular formula is C27H31FN2O4. The second-order valence-electron chi connectivity index (χ2n) is 9.27. The lowest BCUT2D eigenvalue weighted by atomic mass is 9.84. The largest absolute Gasteiger partial charge is 0.375 e. The summed E-state index contributed by atoms with van der Waals surface area (Å²) in [6.07, 6.45) is 2.35. The molecule has 0 aromatic heterocycles. The molecule has 34 heavy (non-hydrogen) atoms. The molecule has 0 spiro atoms. The molecule has 6 nitrogen and oxygen atoms in total. The van der Waals surface area contributed by atoms with Crippen molar-refractivity contribution in [2.24, 2.45) is 5.92 Å². The smallest absolute Gasteiger partial charge is 0.248 e. The minimum absolute atomic E-state index is 0.00284. The van der Waals surface area contributed by atoms with E-state index in [0.717, 1.165) is 24.0 Å². The van der Waals surface area contributed by atoms with Gasteiger partial charge in [-0.05, 0) is 48.4 Å². The number of ketones is 1. The van der Waals surface area contributed by atoms with Gasteiger partial charge in [-0.1, -0.05) is 36.4 Å². The number of carbonyl (C=O) groups is 3. The van der Waals surface area contributed by atoms with Gasteiger partial charge in [-0.15, -0.1) is 0 Å². The first-order chi connectivity index (χ1) is 16.4. The molecule has 2 aromatic rings. The maximum atomic E-state index is 13.4. The zero-order chi connectivity index (χ0) is 24.2. The van der Waals surface area contributed by atoms with Crippen LogP contribution in [0.1, 0.15) is 46.7 Å². The number of halogens is 1. The Balaban J connectivity index is 1.45. The molecule has 2 atom stereocenters. The number of Topliss-reactive ketones (excluding diaryl/α,β-unsaturated/α-hetero) is 1. The number of hydrogen-bond donors (Lipinski definition) is 0. The molecule has 0 unspecified atom stereocenters. The van der Waals surface area contributed by atoms with Crippen molar-refractivity contribution in [3.8, 4) is 0 Å². The Hall–Kier alpha value is -3.06. The number of nitrogens with zero attached hydrogens (tertiary/aromatic N) is 2. The predicted molar refractivity (Wildman–Crippen MR) is 126 cm³/mol. The molecule has 2 aliphatic rings. The van der Waals surface area contributed by atoms with Gasteiger partial charge >= 0.3 is 0 Å². The van der Waals surface area contributed by atoms with Crippen molar-refractivity contribution in [3.05, 3.63) is 71.0 Å². The van der Waals surface area contributed by atoms with Gasteiger partial charge in [0.25, 0.3) is 0 Å². The lowest BCUT2D eigenvalue weighted by molar-refractivity contribution is -0.139. The van der Waals surface area contributed by atoms with Crippen LogP contribution in [0.2, 0.25) is 0 Å². The summed E-state index contributed by atoms with van der Waals surface area (Å²) in [6.45, 7) is 1.17. The minimum Gasteiger partial charge on any atom is -0.375 e. The Labute approximate surface area is 199 Å². The fourth-order valence-corrected chi connectivity index (χ4v) is 5.30. The Morgan fingerprint density at radius 3 is 2.47 bits per heavy atom. The molecule has 2 amide bonds. The van der Waals surface area contributed by atoms with E-state index < -0.39 is 5.92 Å². The van der Waals surface area contributed by atoms with Gasteiger partial charge in [0.05, 0.1) is 5.92 Å². The monoisotopic (exact) mass is 466 g/mol. The number of benzene rings is 2. The summed E-state index contributed by atoms with van der Waals surface area (Å²) in [6, 6.07) is 13.7. The number of carbonyl (C=O) groups excluding carboxylic acids is 3. The van der Waals surface area contributed by atoms with Gasteiger partial charge in [0, 0.05) is 45.3 Å². The standard InChI is InChI=1S/C27H31FN2O4/c1-29(26(32)17-34-2)24(15-18-7-9-20(28)10-8-18)19-11-13-30(14-12-19)27(33)23-16-25(31)22-6-4-3-5-21(22)23/h3-10,19,23-24H,11-17H2,1-2H3/t23-,24+/m1/s1. The van der Waals surface area contributed by atoms with E-state index in [1.165, 1.54) is 19.2 Å². The second-order valence-corrected chi connectivity index (χ2v) is 9.27. The summed E-state index contributed by atoms with van der Waals surface area (Å²) < 4.78 is 18.4. The molecule has 7 heteroatoms. The summed E-state index contributed by atoms with van der Waals surface area (Å²) in [5.74, 6) is -0.562. The van der Waals surface area contributed by atoms with Crippen molar-refractivity contribution in [2.75, 3.05) is 33.9 Å². The van der Waals surface area contributed by atoms with Gasteiger partial charge in [-0.25, -0.2) is 4.39 Å². The van der Waals surface area contributed by atoms with Crippen molar-refractivity contribution in [1.82, 2.24) is 9.80 Å². The molecule has 0 bridgehead atoms. The fourth-order valence-electron chi connectivity index (χ4n) is 5.30. The molecule has 2 aromatic carbocycles. The van der Waals surface area contributed by atoms with Gasteiger partial charge < -0.3 is 14.5 Å². The Bertz CT molecular complexity index is 1050. The number of amides is 2. The van der Waals surface area contributed by atoms with Crippen LogP contribution >= 0.6 is 0 Å². The SMILES string of the molecule is COCC(=O)N(C)[C@@H](Cc1ccc(F)cc1)C1CCN(C(=O)[C@@H]2CC(=O)c3ccccc32)CC1. The first-order valence-corrected chi connectivity index (χ1v) is 11.8. The summed E-state index contributed by atoms with van der Waals surface area (Å²) >= 11 is 0. The number of piperidine rings is 1. The highest BCUT2D eigenvalue weighted by Gasteiger charge is 2.38. The summed E-state index contributed by atoms with van der Waals surface area (Å²) in [5.41, 5.74) is 2.45. The van der Waals surface area contributed by atoms with Crippen LogP contribution in [0.3, 0.4) is 0 Å². The van der Waals surface area contributed by atoms with Crippen LogP contribution in [0.4, 0.5) is 4.39 Å². The predicted octanol–water partition coefficient (Wildman–Crippen LogP) is 3.45. The van der Waals surface area contributed by atoms with E-state index in [1.54, 1.807) is 30.1 Å². The third-order valence-corrected chi connectivity index (χ3v) is 7.24. The van der Waals surface area contributed by atoms with Gasteiger partial charge in [0.1, 0.15) is 12.4 Å². The second kappa shape index (κ2) is 10.5. The molecule has 1 fully saturated rings.